The van der Waals surface area contributed by atoms with E-state index in [0.717, 1.165) is 12.2 Å². The number of hydrogen-bond acceptors (Lipinski definition) is 6. The van der Waals surface area contributed by atoms with Gasteiger partial charge in [0, 0.05) is 18.4 Å². The highest BCUT2D eigenvalue weighted by atomic mass is 32.2. The van der Waals surface area contributed by atoms with Crippen molar-refractivity contribution in [3.05, 3.63) is 23.0 Å². The molecule has 0 saturated heterocycles. The maximum absolute atomic E-state index is 12.1. The van der Waals surface area contributed by atoms with Crippen LogP contribution >= 0.6 is 11.3 Å². The Morgan fingerprint density at radius 3 is 2.84 bits per heavy atom. The quantitative estimate of drug-likeness (QED) is 0.741. The monoisotopic (exact) mass is 301 g/mol. The van der Waals surface area contributed by atoms with Crippen LogP contribution in [0.1, 0.15) is 17.6 Å². The van der Waals surface area contributed by atoms with Crippen molar-refractivity contribution in [1.29, 1.82) is 0 Å². The van der Waals surface area contributed by atoms with E-state index in [-0.39, 0.29) is 10.0 Å². The third-order valence-corrected chi connectivity index (χ3v) is 4.54. The van der Waals surface area contributed by atoms with E-state index in [9.17, 15) is 8.42 Å². The summed E-state index contributed by atoms with van der Waals surface area (Å²) in [5, 5.41) is 11.6. The molecule has 104 valence electrons. The van der Waals surface area contributed by atoms with E-state index in [1.807, 2.05) is 6.92 Å². The summed E-state index contributed by atoms with van der Waals surface area (Å²) in [6, 6.07) is 1.60. The fourth-order valence-electron chi connectivity index (χ4n) is 1.45. The number of rotatable bonds is 6. The van der Waals surface area contributed by atoms with E-state index >= 15 is 0 Å². The van der Waals surface area contributed by atoms with Gasteiger partial charge in [-0.3, -0.25) is 4.72 Å². The molecule has 3 N–H and O–H groups in total. The molecule has 0 aliphatic carbocycles. The lowest BCUT2D eigenvalue weighted by Crippen LogP contribution is -2.13. The van der Waals surface area contributed by atoms with Gasteiger partial charge in [-0.15, -0.1) is 10.2 Å². The van der Waals surface area contributed by atoms with Crippen molar-refractivity contribution in [1.82, 2.24) is 20.5 Å². The minimum atomic E-state index is -3.61. The highest BCUT2D eigenvalue weighted by Crippen LogP contribution is 2.19. The van der Waals surface area contributed by atoms with Crippen molar-refractivity contribution < 1.29 is 8.42 Å². The van der Waals surface area contributed by atoms with Crippen LogP contribution < -0.4 is 10.0 Å². The Morgan fingerprint density at radius 1 is 1.42 bits per heavy atom. The normalized spacial score (nSPS) is 11.7. The molecule has 2 heterocycles. The van der Waals surface area contributed by atoms with Crippen molar-refractivity contribution in [3.8, 4) is 0 Å². The molecule has 0 unspecified atom stereocenters. The number of H-pyrrole nitrogens is 1. The second kappa shape index (κ2) is 5.68. The van der Waals surface area contributed by atoms with Gasteiger partial charge in [-0.1, -0.05) is 18.3 Å². The lowest BCUT2D eigenvalue weighted by molar-refractivity contribution is 0.601. The molecule has 0 saturated carbocycles. The molecular formula is C10H15N5O2S2. The van der Waals surface area contributed by atoms with Gasteiger partial charge in [0.25, 0.3) is 10.0 Å². The zero-order chi connectivity index (χ0) is 13.9. The van der Waals surface area contributed by atoms with Crippen LogP contribution in [0.5, 0.6) is 0 Å². The van der Waals surface area contributed by atoms with Crippen LogP contribution in [0, 0.1) is 6.92 Å². The van der Waals surface area contributed by atoms with Crippen LogP contribution in [-0.2, 0) is 16.6 Å². The molecule has 0 amide bonds. The van der Waals surface area contributed by atoms with Gasteiger partial charge in [0.1, 0.15) is 9.90 Å². The summed E-state index contributed by atoms with van der Waals surface area (Å²) >= 11 is 1.19. The largest absolute Gasteiger partial charge is 0.363 e. The van der Waals surface area contributed by atoms with Crippen LogP contribution in [0.3, 0.4) is 0 Å². The first-order chi connectivity index (χ1) is 9.01. The topological polar surface area (TPSA) is 99.8 Å². The molecule has 0 fully saturated rings. The van der Waals surface area contributed by atoms with E-state index in [4.69, 9.17) is 0 Å². The second-order valence-electron chi connectivity index (χ2n) is 3.87. The Balaban J connectivity index is 2.13. The highest BCUT2D eigenvalue weighted by Gasteiger charge is 2.18. The summed E-state index contributed by atoms with van der Waals surface area (Å²) < 4.78 is 26.6. The molecule has 0 spiro atoms. The SMILES string of the molecule is CCNCc1cc(S(=O)(=O)Nc2nnc(C)s2)c[nH]1. The lowest BCUT2D eigenvalue weighted by Gasteiger charge is -2.01. The Hall–Kier alpha value is -1.45. The standard InChI is InChI=1S/C10H15N5O2S2/c1-3-11-5-8-4-9(6-12-8)19(16,17)15-10-14-13-7(2)18-10/h4,6,11-12H,3,5H2,1-2H3,(H,14,15). The molecule has 0 atom stereocenters. The summed E-state index contributed by atoms with van der Waals surface area (Å²) in [7, 11) is -3.61. The van der Waals surface area contributed by atoms with Crippen molar-refractivity contribution in [2.45, 2.75) is 25.3 Å². The maximum Gasteiger partial charge on any atom is 0.265 e. The first-order valence-corrected chi connectivity index (χ1v) is 8.02. The predicted molar refractivity (Wildman–Crippen MR) is 73.6 cm³/mol. The summed E-state index contributed by atoms with van der Waals surface area (Å²) in [6.07, 6.45) is 1.46. The summed E-state index contributed by atoms with van der Waals surface area (Å²) in [6.45, 7) is 5.17. The fourth-order valence-corrected chi connectivity index (χ4v) is 3.29. The molecule has 0 radical (unpaired) electrons. The summed E-state index contributed by atoms with van der Waals surface area (Å²) in [5.41, 5.74) is 0.815. The van der Waals surface area contributed by atoms with Gasteiger partial charge in [0.2, 0.25) is 5.13 Å². The zero-order valence-electron chi connectivity index (χ0n) is 10.6. The number of anilines is 1. The third kappa shape index (κ3) is 3.52. The van der Waals surface area contributed by atoms with Crippen LogP contribution in [0.25, 0.3) is 0 Å². The molecule has 2 rings (SSSR count). The molecule has 7 nitrogen and oxygen atoms in total. The number of aromatic nitrogens is 3. The molecule has 2 aromatic heterocycles. The van der Waals surface area contributed by atoms with Crippen LogP contribution in [0.15, 0.2) is 17.2 Å². The Morgan fingerprint density at radius 2 is 2.21 bits per heavy atom. The lowest BCUT2D eigenvalue weighted by atomic mass is 10.4. The van der Waals surface area contributed by atoms with Crippen molar-refractivity contribution in [2.24, 2.45) is 0 Å². The van der Waals surface area contributed by atoms with Crippen LogP contribution in [0.4, 0.5) is 5.13 Å². The van der Waals surface area contributed by atoms with Gasteiger partial charge in [-0.05, 0) is 19.5 Å². The Kier molecular flexibility index (Phi) is 4.17. The average Bonchev–Trinajstić information content (AvgIpc) is 2.95. The average molecular weight is 301 g/mol. The number of aromatic amines is 1. The summed E-state index contributed by atoms with van der Waals surface area (Å²) in [5.74, 6) is 0. The minimum absolute atomic E-state index is 0.188. The van der Waals surface area contributed by atoms with Gasteiger partial charge in [0.15, 0.2) is 0 Å². The predicted octanol–water partition coefficient (Wildman–Crippen LogP) is 1.08. The van der Waals surface area contributed by atoms with E-state index < -0.39 is 10.0 Å². The second-order valence-corrected chi connectivity index (χ2v) is 6.74. The maximum atomic E-state index is 12.1. The van der Waals surface area contributed by atoms with Gasteiger partial charge >= 0.3 is 0 Å². The van der Waals surface area contributed by atoms with Crippen molar-refractivity contribution >= 4 is 26.5 Å². The number of aryl methyl sites for hydroxylation is 1. The van der Waals surface area contributed by atoms with Gasteiger partial charge in [0.05, 0.1) is 0 Å². The molecule has 0 aromatic carbocycles. The van der Waals surface area contributed by atoms with E-state index in [2.05, 4.69) is 25.2 Å². The number of sulfonamides is 1. The first kappa shape index (κ1) is 14.0. The van der Waals surface area contributed by atoms with Crippen molar-refractivity contribution in [2.75, 3.05) is 11.3 Å². The highest BCUT2D eigenvalue weighted by molar-refractivity contribution is 7.93. The van der Waals surface area contributed by atoms with Crippen molar-refractivity contribution in [3.63, 3.8) is 0 Å². The third-order valence-electron chi connectivity index (χ3n) is 2.34. The summed E-state index contributed by atoms with van der Waals surface area (Å²) in [4.78, 5) is 3.11. The van der Waals surface area contributed by atoms with Crippen LogP contribution in [0.2, 0.25) is 0 Å². The van der Waals surface area contributed by atoms with E-state index in [0.29, 0.717) is 11.6 Å². The Bertz CT molecular complexity index is 646. The molecule has 9 heteroatoms. The molecular weight excluding hydrogens is 286 g/mol. The molecule has 2 aromatic rings. The number of nitrogens with one attached hydrogen (secondary N) is 3. The molecule has 0 bridgehead atoms. The zero-order valence-corrected chi connectivity index (χ0v) is 12.2. The fraction of sp³-hybridized carbons (Fsp3) is 0.400. The molecule has 0 aliphatic rings. The number of hydrogen-bond donors (Lipinski definition) is 3. The first-order valence-electron chi connectivity index (χ1n) is 5.72. The van der Waals surface area contributed by atoms with Crippen LogP contribution in [-0.4, -0.2) is 30.1 Å². The van der Waals surface area contributed by atoms with Gasteiger partial charge in [-0.2, -0.15) is 0 Å². The molecule has 0 aliphatic heterocycles. The number of nitrogens with zero attached hydrogens (tertiary/aromatic N) is 2. The Labute approximate surface area is 115 Å². The van der Waals surface area contributed by atoms with Gasteiger partial charge < -0.3 is 10.3 Å². The molecule has 19 heavy (non-hydrogen) atoms. The minimum Gasteiger partial charge on any atom is -0.363 e. The smallest absolute Gasteiger partial charge is 0.265 e. The van der Waals surface area contributed by atoms with Gasteiger partial charge in [-0.25, -0.2) is 8.42 Å². The van der Waals surface area contributed by atoms with E-state index in [1.54, 1.807) is 13.0 Å². The van der Waals surface area contributed by atoms with E-state index in [1.165, 1.54) is 17.5 Å².